The number of rotatable bonds is 0. The Bertz CT molecular complexity index is 502. The molecule has 0 saturated carbocycles. The Kier molecular flexibility index (Phi) is 1.57. The van der Waals surface area contributed by atoms with Crippen LogP contribution in [-0.2, 0) is 4.79 Å². The summed E-state index contributed by atoms with van der Waals surface area (Å²) < 4.78 is 0. The zero-order valence-electron chi connectivity index (χ0n) is 7.99. The maximum absolute atomic E-state index is 11.6. The SMILES string of the molecule is O=C1NC(=O)C2CC=Cc3cccc1c32. The van der Waals surface area contributed by atoms with E-state index in [0.717, 1.165) is 11.1 Å². The van der Waals surface area contributed by atoms with Gasteiger partial charge in [0.05, 0.1) is 5.92 Å². The smallest absolute Gasteiger partial charge is 0.258 e. The fourth-order valence-electron chi connectivity index (χ4n) is 2.27. The van der Waals surface area contributed by atoms with Gasteiger partial charge in [0.1, 0.15) is 0 Å². The van der Waals surface area contributed by atoms with Crippen molar-refractivity contribution >= 4 is 17.9 Å². The van der Waals surface area contributed by atoms with Crippen molar-refractivity contribution in [3.8, 4) is 0 Å². The quantitative estimate of drug-likeness (QED) is 0.643. The van der Waals surface area contributed by atoms with Crippen LogP contribution in [0.5, 0.6) is 0 Å². The number of imide groups is 1. The van der Waals surface area contributed by atoms with Crippen LogP contribution in [0.1, 0.15) is 33.8 Å². The van der Waals surface area contributed by atoms with E-state index < -0.39 is 0 Å². The molecule has 1 heterocycles. The average molecular weight is 199 g/mol. The minimum absolute atomic E-state index is 0.177. The van der Waals surface area contributed by atoms with Gasteiger partial charge in [0.15, 0.2) is 0 Å². The fourth-order valence-corrected chi connectivity index (χ4v) is 2.27. The van der Waals surface area contributed by atoms with E-state index in [2.05, 4.69) is 5.32 Å². The van der Waals surface area contributed by atoms with Crippen LogP contribution in [0.4, 0.5) is 0 Å². The summed E-state index contributed by atoms with van der Waals surface area (Å²) in [5.74, 6) is -0.633. The van der Waals surface area contributed by atoms with E-state index in [9.17, 15) is 9.59 Å². The molecule has 1 N–H and O–H groups in total. The second-order valence-electron chi connectivity index (χ2n) is 3.82. The van der Waals surface area contributed by atoms with Crippen LogP contribution in [0.25, 0.3) is 6.08 Å². The number of benzene rings is 1. The highest BCUT2D eigenvalue weighted by molar-refractivity contribution is 6.12. The van der Waals surface area contributed by atoms with Gasteiger partial charge in [-0.1, -0.05) is 24.3 Å². The molecule has 1 aromatic carbocycles. The van der Waals surface area contributed by atoms with E-state index in [4.69, 9.17) is 0 Å². The molecule has 3 nitrogen and oxygen atoms in total. The Hall–Kier alpha value is -1.90. The average Bonchev–Trinajstić information content (AvgIpc) is 2.25. The van der Waals surface area contributed by atoms with Crippen LogP contribution in [0, 0.1) is 0 Å². The Morgan fingerprint density at radius 1 is 1.27 bits per heavy atom. The second-order valence-corrected chi connectivity index (χ2v) is 3.82. The third-order valence-electron chi connectivity index (χ3n) is 2.96. The Labute approximate surface area is 86.8 Å². The molecule has 1 unspecified atom stereocenters. The van der Waals surface area contributed by atoms with Gasteiger partial charge in [-0.25, -0.2) is 0 Å². The monoisotopic (exact) mass is 199 g/mol. The Morgan fingerprint density at radius 3 is 3.00 bits per heavy atom. The third-order valence-corrected chi connectivity index (χ3v) is 2.96. The summed E-state index contributed by atoms with van der Waals surface area (Å²) in [6.45, 7) is 0. The van der Waals surface area contributed by atoms with E-state index >= 15 is 0 Å². The van der Waals surface area contributed by atoms with Crippen molar-refractivity contribution in [1.82, 2.24) is 5.32 Å². The van der Waals surface area contributed by atoms with Crippen molar-refractivity contribution in [3.05, 3.63) is 41.0 Å². The first-order valence-electron chi connectivity index (χ1n) is 4.92. The third kappa shape index (κ3) is 1.06. The normalized spacial score (nSPS) is 22.3. The lowest BCUT2D eigenvalue weighted by Gasteiger charge is -2.27. The van der Waals surface area contributed by atoms with Gasteiger partial charge in [0.2, 0.25) is 5.91 Å². The number of carbonyl (C=O) groups is 2. The number of hydrogen-bond donors (Lipinski definition) is 1. The van der Waals surface area contributed by atoms with E-state index in [0.29, 0.717) is 12.0 Å². The van der Waals surface area contributed by atoms with Crippen LogP contribution in [0.3, 0.4) is 0 Å². The zero-order chi connectivity index (χ0) is 10.4. The molecule has 0 radical (unpaired) electrons. The second kappa shape index (κ2) is 2.79. The van der Waals surface area contributed by atoms with Crippen molar-refractivity contribution < 1.29 is 9.59 Å². The van der Waals surface area contributed by atoms with Gasteiger partial charge in [0.25, 0.3) is 5.91 Å². The largest absolute Gasteiger partial charge is 0.292 e. The standard InChI is InChI=1S/C12H9NO2/c14-11-8-5-1-3-7-4-2-6-9(10(7)8)12(15)13-11/h1-5,9H,6H2,(H,13,14,15). The van der Waals surface area contributed by atoms with Gasteiger partial charge in [-0.15, -0.1) is 0 Å². The molecule has 0 fully saturated rings. The zero-order valence-corrected chi connectivity index (χ0v) is 7.99. The lowest BCUT2D eigenvalue weighted by atomic mass is 9.81. The van der Waals surface area contributed by atoms with Crippen LogP contribution in [0.15, 0.2) is 24.3 Å². The molecule has 1 aromatic rings. The number of nitrogens with one attached hydrogen (secondary N) is 1. The highest BCUT2D eigenvalue weighted by Crippen LogP contribution is 2.34. The number of carbonyl (C=O) groups excluding carboxylic acids is 2. The molecule has 1 aliphatic carbocycles. The number of amides is 2. The van der Waals surface area contributed by atoms with Crippen molar-refractivity contribution in [2.45, 2.75) is 12.3 Å². The van der Waals surface area contributed by atoms with Crippen molar-refractivity contribution in [2.75, 3.05) is 0 Å². The minimum Gasteiger partial charge on any atom is -0.292 e. The maximum Gasteiger partial charge on any atom is 0.258 e. The summed E-state index contributed by atoms with van der Waals surface area (Å²) in [5, 5.41) is 2.39. The first kappa shape index (κ1) is 8.41. The summed E-state index contributed by atoms with van der Waals surface area (Å²) in [4.78, 5) is 23.2. The minimum atomic E-state index is -0.275. The van der Waals surface area contributed by atoms with Crippen molar-refractivity contribution in [2.24, 2.45) is 0 Å². The van der Waals surface area contributed by atoms with Crippen LogP contribution in [-0.4, -0.2) is 11.8 Å². The number of hydrogen-bond acceptors (Lipinski definition) is 2. The van der Waals surface area contributed by atoms with Gasteiger partial charge >= 0.3 is 0 Å². The molecule has 0 spiro atoms. The van der Waals surface area contributed by atoms with Crippen LogP contribution < -0.4 is 5.32 Å². The molecule has 0 bridgehead atoms. The predicted octanol–water partition coefficient (Wildman–Crippen LogP) is 1.46. The molecule has 2 aliphatic rings. The van der Waals surface area contributed by atoms with E-state index in [1.165, 1.54) is 0 Å². The molecule has 2 amide bonds. The summed E-state index contributed by atoms with van der Waals surface area (Å²) in [6, 6.07) is 5.55. The lowest BCUT2D eigenvalue weighted by Crippen LogP contribution is -2.41. The molecule has 3 rings (SSSR count). The van der Waals surface area contributed by atoms with E-state index in [1.807, 2.05) is 24.3 Å². The summed E-state index contributed by atoms with van der Waals surface area (Å²) >= 11 is 0. The van der Waals surface area contributed by atoms with Crippen molar-refractivity contribution in [3.63, 3.8) is 0 Å². The van der Waals surface area contributed by atoms with Gasteiger partial charge in [0, 0.05) is 5.56 Å². The first-order chi connectivity index (χ1) is 7.27. The van der Waals surface area contributed by atoms with Crippen LogP contribution >= 0.6 is 0 Å². The topological polar surface area (TPSA) is 46.2 Å². The molecule has 74 valence electrons. The fraction of sp³-hybridized carbons (Fsp3) is 0.167. The molecule has 1 aliphatic heterocycles. The maximum atomic E-state index is 11.6. The summed E-state index contributed by atoms with van der Waals surface area (Å²) in [6.07, 6.45) is 4.64. The van der Waals surface area contributed by atoms with E-state index in [1.54, 1.807) is 6.07 Å². The summed E-state index contributed by atoms with van der Waals surface area (Å²) in [7, 11) is 0. The van der Waals surface area contributed by atoms with E-state index in [-0.39, 0.29) is 17.7 Å². The summed E-state index contributed by atoms with van der Waals surface area (Å²) in [5.41, 5.74) is 2.53. The highest BCUT2D eigenvalue weighted by atomic mass is 16.2. The molecular formula is C12H9NO2. The first-order valence-corrected chi connectivity index (χ1v) is 4.92. The molecule has 0 saturated heterocycles. The lowest BCUT2D eigenvalue weighted by molar-refractivity contribution is -0.121. The Balaban J connectivity index is 2.32. The molecular weight excluding hydrogens is 190 g/mol. The van der Waals surface area contributed by atoms with Gasteiger partial charge in [-0.2, -0.15) is 0 Å². The predicted molar refractivity (Wildman–Crippen MR) is 55.3 cm³/mol. The van der Waals surface area contributed by atoms with Gasteiger partial charge < -0.3 is 0 Å². The van der Waals surface area contributed by atoms with Crippen LogP contribution in [0.2, 0.25) is 0 Å². The van der Waals surface area contributed by atoms with Crippen molar-refractivity contribution in [1.29, 1.82) is 0 Å². The van der Waals surface area contributed by atoms with Gasteiger partial charge in [-0.3, -0.25) is 14.9 Å². The molecule has 3 heteroatoms. The molecule has 15 heavy (non-hydrogen) atoms. The van der Waals surface area contributed by atoms with Gasteiger partial charge in [-0.05, 0) is 23.6 Å². The molecule has 1 atom stereocenters. The molecule has 0 aromatic heterocycles. The number of allylic oxidation sites excluding steroid dienone is 1. The Morgan fingerprint density at radius 2 is 2.13 bits per heavy atom. The highest BCUT2D eigenvalue weighted by Gasteiger charge is 2.34.